The number of hydrogen-bond donors (Lipinski definition) is 3. The number of benzene rings is 1. The lowest BCUT2D eigenvalue weighted by molar-refractivity contribution is -0.142. The van der Waals surface area contributed by atoms with E-state index in [4.69, 9.17) is 9.84 Å². The molecule has 2 atom stereocenters. The van der Waals surface area contributed by atoms with Crippen LogP contribution in [0.4, 0.5) is 0 Å². The zero-order chi connectivity index (χ0) is 26.8. The zero-order valence-corrected chi connectivity index (χ0v) is 22.0. The van der Waals surface area contributed by atoms with Crippen molar-refractivity contribution in [1.82, 2.24) is 15.5 Å². The van der Waals surface area contributed by atoms with Crippen LogP contribution in [0.1, 0.15) is 77.2 Å². The third-order valence-corrected chi connectivity index (χ3v) is 5.96. The summed E-state index contributed by atoms with van der Waals surface area (Å²) in [6, 6.07) is 7.59. The van der Waals surface area contributed by atoms with Crippen LogP contribution in [0.5, 0.6) is 0 Å². The molecule has 9 heteroatoms. The molecule has 0 bridgehead atoms. The van der Waals surface area contributed by atoms with E-state index < -0.39 is 36.4 Å². The Morgan fingerprint density at radius 2 is 1.56 bits per heavy atom. The lowest BCUT2D eigenvalue weighted by atomic mass is 10.1. The first-order valence-corrected chi connectivity index (χ1v) is 12.9. The number of carboxylic acids is 1. The molecule has 0 unspecified atom stereocenters. The van der Waals surface area contributed by atoms with Crippen molar-refractivity contribution in [2.75, 3.05) is 20.2 Å². The van der Waals surface area contributed by atoms with Gasteiger partial charge in [-0.25, -0.2) is 0 Å². The number of ether oxygens (including phenoxy) is 1. The summed E-state index contributed by atoms with van der Waals surface area (Å²) in [5, 5.41) is 13.5. The Hall–Kier alpha value is -2.94. The number of aliphatic carboxylic acids is 1. The lowest BCUT2D eigenvalue weighted by Gasteiger charge is -2.28. The smallest absolute Gasteiger partial charge is 0.322 e. The van der Waals surface area contributed by atoms with Crippen LogP contribution in [0, 0.1) is 0 Å². The number of rotatable bonds is 19. The summed E-state index contributed by atoms with van der Waals surface area (Å²) in [5.41, 5.74) is 0.936. The minimum atomic E-state index is -1.18. The maximum atomic E-state index is 13.0. The fourth-order valence-corrected chi connectivity index (χ4v) is 3.68. The van der Waals surface area contributed by atoms with E-state index in [9.17, 15) is 19.2 Å². The molecule has 0 saturated heterocycles. The van der Waals surface area contributed by atoms with Gasteiger partial charge in [0.15, 0.2) is 0 Å². The summed E-state index contributed by atoms with van der Waals surface area (Å²) in [6.45, 7) is 3.35. The highest BCUT2D eigenvalue weighted by atomic mass is 16.5. The van der Waals surface area contributed by atoms with Gasteiger partial charge in [-0.05, 0) is 18.9 Å². The first-order chi connectivity index (χ1) is 17.3. The second-order valence-corrected chi connectivity index (χ2v) is 9.09. The summed E-state index contributed by atoms with van der Waals surface area (Å²) in [4.78, 5) is 50.0. The number of nitrogens with one attached hydrogen (secondary N) is 2. The number of likely N-dealkylation sites (N-methyl/N-ethyl adjacent to an activating group) is 1. The molecule has 0 saturated carbocycles. The molecule has 9 nitrogen and oxygen atoms in total. The van der Waals surface area contributed by atoms with Crippen molar-refractivity contribution in [3.05, 3.63) is 35.9 Å². The van der Waals surface area contributed by atoms with Crippen molar-refractivity contribution in [3.63, 3.8) is 0 Å². The molecule has 0 spiro atoms. The van der Waals surface area contributed by atoms with Gasteiger partial charge < -0.3 is 25.4 Å². The maximum absolute atomic E-state index is 13.0. The predicted molar refractivity (Wildman–Crippen MR) is 138 cm³/mol. The van der Waals surface area contributed by atoms with Crippen molar-refractivity contribution in [3.8, 4) is 0 Å². The van der Waals surface area contributed by atoms with Gasteiger partial charge in [-0.2, -0.15) is 0 Å². The Labute approximate surface area is 215 Å². The molecular weight excluding hydrogens is 462 g/mol. The first kappa shape index (κ1) is 31.1. The minimum absolute atomic E-state index is 0.0378. The average Bonchev–Trinajstić information content (AvgIpc) is 2.86. The van der Waals surface area contributed by atoms with Gasteiger partial charge in [-0.15, -0.1) is 0 Å². The molecular formula is C27H43N3O6. The molecule has 3 amide bonds. The van der Waals surface area contributed by atoms with E-state index in [-0.39, 0.29) is 19.1 Å². The van der Waals surface area contributed by atoms with Crippen molar-refractivity contribution in [2.45, 2.75) is 90.3 Å². The molecule has 0 radical (unpaired) electrons. The Balaban J connectivity index is 2.64. The van der Waals surface area contributed by atoms with Crippen LogP contribution >= 0.6 is 0 Å². The highest BCUT2D eigenvalue weighted by molar-refractivity contribution is 5.92. The third kappa shape index (κ3) is 13.2. The van der Waals surface area contributed by atoms with Crippen molar-refractivity contribution in [2.24, 2.45) is 0 Å². The molecule has 0 aliphatic heterocycles. The molecule has 0 aromatic heterocycles. The fourth-order valence-electron chi connectivity index (χ4n) is 3.68. The SMILES string of the molecule is CCCCCCCCCCC(=O)N(C)[C@H](COCc1ccccc1)C(=O)N[C@H](C)C(=O)NCC(=O)O. The van der Waals surface area contributed by atoms with Crippen LogP contribution in [0.15, 0.2) is 30.3 Å². The van der Waals surface area contributed by atoms with Gasteiger partial charge in [0.05, 0.1) is 13.2 Å². The molecule has 3 N–H and O–H groups in total. The minimum Gasteiger partial charge on any atom is -0.480 e. The molecule has 1 aromatic rings. The molecule has 0 aliphatic carbocycles. The van der Waals surface area contributed by atoms with Crippen molar-refractivity contribution >= 4 is 23.7 Å². The molecule has 0 heterocycles. The quantitative estimate of drug-likeness (QED) is 0.248. The Bertz CT molecular complexity index is 802. The zero-order valence-electron chi connectivity index (χ0n) is 22.0. The summed E-state index contributed by atoms with van der Waals surface area (Å²) < 4.78 is 5.75. The van der Waals surface area contributed by atoms with E-state index in [1.807, 2.05) is 30.3 Å². The number of carbonyl (C=O) groups excluding carboxylic acids is 3. The Kier molecular flexibility index (Phi) is 15.8. The van der Waals surface area contributed by atoms with Gasteiger partial charge >= 0.3 is 5.97 Å². The second kappa shape index (κ2) is 18.3. The van der Waals surface area contributed by atoms with E-state index in [1.54, 1.807) is 7.05 Å². The number of nitrogens with zero attached hydrogens (tertiary/aromatic N) is 1. The van der Waals surface area contributed by atoms with Crippen LogP contribution in [-0.2, 0) is 30.5 Å². The maximum Gasteiger partial charge on any atom is 0.322 e. The summed E-state index contributed by atoms with van der Waals surface area (Å²) in [5.74, 6) is -2.50. The van der Waals surface area contributed by atoms with Crippen LogP contribution in [0.25, 0.3) is 0 Å². The second-order valence-electron chi connectivity index (χ2n) is 9.09. The van der Waals surface area contributed by atoms with Gasteiger partial charge in [0.1, 0.15) is 18.6 Å². The van der Waals surface area contributed by atoms with Crippen LogP contribution in [0.3, 0.4) is 0 Å². The standard InChI is InChI=1S/C27H43N3O6/c1-4-5-6-7-8-9-10-14-17-24(31)30(3)23(20-36-19-22-15-12-11-13-16-22)27(35)29-21(2)26(34)28-18-25(32)33/h11-13,15-16,21,23H,4-10,14,17-20H2,1-3H3,(H,28,34)(H,29,35)(H,32,33)/t21-,23-/m1/s1. The number of carbonyl (C=O) groups is 4. The highest BCUT2D eigenvalue weighted by Gasteiger charge is 2.29. The van der Waals surface area contributed by atoms with Crippen molar-refractivity contribution in [1.29, 1.82) is 0 Å². The summed E-state index contributed by atoms with van der Waals surface area (Å²) in [6.07, 6.45) is 9.28. The number of amides is 3. The topological polar surface area (TPSA) is 125 Å². The summed E-state index contributed by atoms with van der Waals surface area (Å²) >= 11 is 0. The normalized spacial score (nSPS) is 12.4. The lowest BCUT2D eigenvalue weighted by Crippen LogP contribution is -2.55. The molecule has 202 valence electrons. The third-order valence-electron chi connectivity index (χ3n) is 5.96. The summed E-state index contributed by atoms with van der Waals surface area (Å²) in [7, 11) is 1.57. The molecule has 36 heavy (non-hydrogen) atoms. The van der Waals surface area contributed by atoms with E-state index in [2.05, 4.69) is 17.6 Å². The van der Waals surface area contributed by atoms with Gasteiger partial charge in [0, 0.05) is 13.5 Å². The van der Waals surface area contributed by atoms with E-state index in [0.717, 1.165) is 24.8 Å². The highest BCUT2D eigenvalue weighted by Crippen LogP contribution is 2.12. The molecule has 0 fully saturated rings. The predicted octanol–water partition coefficient (Wildman–Crippen LogP) is 3.27. The van der Waals surface area contributed by atoms with Gasteiger partial charge in [-0.3, -0.25) is 19.2 Å². The average molecular weight is 506 g/mol. The van der Waals surface area contributed by atoms with Crippen LogP contribution in [-0.4, -0.2) is 66.0 Å². The number of unbranched alkanes of at least 4 members (excludes halogenated alkanes) is 7. The first-order valence-electron chi connectivity index (χ1n) is 12.9. The molecule has 1 aromatic carbocycles. The largest absolute Gasteiger partial charge is 0.480 e. The number of carboxylic acid groups (broad SMARTS) is 1. The van der Waals surface area contributed by atoms with Crippen LogP contribution < -0.4 is 10.6 Å². The number of hydrogen-bond acceptors (Lipinski definition) is 5. The molecule has 0 aliphatic rings. The Morgan fingerprint density at radius 1 is 0.944 bits per heavy atom. The van der Waals surface area contributed by atoms with E-state index in [0.29, 0.717) is 6.42 Å². The van der Waals surface area contributed by atoms with Gasteiger partial charge in [0.25, 0.3) is 0 Å². The van der Waals surface area contributed by atoms with E-state index >= 15 is 0 Å². The van der Waals surface area contributed by atoms with Crippen LogP contribution in [0.2, 0.25) is 0 Å². The van der Waals surface area contributed by atoms with Gasteiger partial charge in [0.2, 0.25) is 17.7 Å². The van der Waals surface area contributed by atoms with Crippen molar-refractivity contribution < 1.29 is 29.0 Å². The fraction of sp³-hybridized carbons (Fsp3) is 0.630. The van der Waals surface area contributed by atoms with E-state index in [1.165, 1.54) is 43.9 Å². The van der Waals surface area contributed by atoms with Gasteiger partial charge in [-0.1, -0.05) is 82.2 Å². The monoisotopic (exact) mass is 505 g/mol. The Morgan fingerprint density at radius 3 is 2.17 bits per heavy atom. The molecule has 1 rings (SSSR count).